The summed E-state index contributed by atoms with van der Waals surface area (Å²) in [6, 6.07) is 7.90. The van der Waals surface area contributed by atoms with Crippen molar-refractivity contribution in [2.45, 2.75) is 32.2 Å². The smallest absolute Gasteiger partial charge is 0.220 e. The van der Waals surface area contributed by atoms with Crippen molar-refractivity contribution < 1.29 is 4.79 Å². The van der Waals surface area contributed by atoms with Gasteiger partial charge in [-0.15, -0.1) is 0 Å². The maximum Gasteiger partial charge on any atom is 0.220 e. The monoisotopic (exact) mass is 393 g/mol. The second kappa shape index (κ2) is 11.1. The molecule has 0 aromatic heterocycles. The van der Waals surface area contributed by atoms with Crippen molar-refractivity contribution >= 4 is 23.5 Å². The van der Waals surface area contributed by atoms with Gasteiger partial charge in [-0.25, -0.2) is 0 Å². The minimum atomic E-state index is -0.146. The summed E-state index contributed by atoms with van der Waals surface area (Å²) < 4.78 is 0. The number of halogens is 1. The van der Waals surface area contributed by atoms with E-state index in [0.717, 1.165) is 75.0 Å². The molecule has 0 bridgehead atoms. The average molecular weight is 394 g/mol. The average Bonchev–Trinajstić information content (AvgIpc) is 2.65. The molecule has 1 saturated heterocycles. The van der Waals surface area contributed by atoms with Crippen LogP contribution in [0.1, 0.15) is 31.2 Å². The number of benzene rings is 1. The van der Waals surface area contributed by atoms with Crippen LogP contribution in [0.15, 0.2) is 29.3 Å². The first-order chi connectivity index (χ1) is 13.0. The normalized spacial score (nSPS) is 16.3. The Labute approximate surface area is 167 Å². The predicted molar refractivity (Wildman–Crippen MR) is 112 cm³/mol. The molecule has 1 aliphatic heterocycles. The molecular weight excluding hydrogens is 362 g/mol. The van der Waals surface area contributed by atoms with Gasteiger partial charge in [0, 0.05) is 38.1 Å². The van der Waals surface area contributed by atoms with Gasteiger partial charge in [0.15, 0.2) is 5.96 Å². The topological polar surface area (TPSA) is 74.0 Å². The van der Waals surface area contributed by atoms with Crippen LogP contribution in [0.5, 0.6) is 0 Å². The Morgan fingerprint density at radius 1 is 1.37 bits per heavy atom. The maximum atomic E-state index is 11.2. The largest absolute Gasteiger partial charge is 0.369 e. The molecular formula is C20H32ClN5O. The molecule has 1 aliphatic rings. The number of hydrogen-bond acceptors (Lipinski definition) is 3. The molecule has 6 nitrogen and oxygen atoms in total. The molecule has 1 amide bonds. The van der Waals surface area contributed by atoms with Crippen LogP contribution in [0.4, 0.5) is 0 Å². The van der Waals surface area contributed by atoms with Crippen molar-refractivity contribution in [2.24, 2.45) is 16.6 Å². The number of amides is 1. The van der Waals surface area contributed by atoms with E-state index >= 15 is 0 Å². The second-order valence-corrected chi connectivity index (χ2v) is 7.62. The third-order valence-electron chi connectivity index (χ3n) is 5.06. The molecule has 1 fully saturated rings. The summed E-state index contributed by atoms with van der Waals surface area (Å²) in [6.07, 6.45) is 4.01. The summed E-state index contributed by atoms with van der Waals surface area (Å²) in [6.45, 7) is 4.68. The quantitative estimate of drug-likeness (QED) is 0.404. The zero-order valence-electron chi connectivity index (χ0n) is 16.5. The number of nitrogens with one attached hydrogen (secondary N) is 1. The first-order valence-corrected chi connectivity index (χ1v) is 10.0. The van der Waals surface area contributed by atoms with E-state index in [0.29, 0.717) is 0 Å². The van der Waals surface area contributed by atoms with Crippen LogP contribution < -0.4 is 11.1 Å². The number of nitrogens with zero attached hydrogens (tertiary/aromatic N) is 3. The standard InChI is InChI=1S/C20H32ClN5O/c1-23-20(25(2)15-16-6-5-7-18(21)14-16)24-10-3-4-11-26-12-8-17(9-13-26)19(22)27/h5-7,14,17H,3-4,8-13,15H2,1-2H3,(H2,22,27)(H,23,24). The summed E-state index contributed by atoms with van der Waals surface area (Å²) >= 11 is 6.06. The van der Waals surface area contributed by atoms with Crippen molar-refractivity contribution in [1.29, 1.82) is 0 Å². The van der Waals surface area contributed by atoms with Gasteiger partial charge in [-0.1, -0.05) is 23.7 Å². The summed E-state index contributed by atoms with van der Waals surface area (Å²) in [5.74, 6) is 0.811. The Kier molecular flexibility index (Phi) is 8.88. The van der Waals surface area contributed by atoms with Crippen molar-refractivity contribution in [2.75, 3.05) is 40.3 Å². The first-order valence-electron chi connectivity index (χ1n) is 9.67. The van der Waals surface area contributed by atoms with Crippen LogP contribution in [0.3, 0.4) is 0 Å². The number of likely N-dealkylation sites (tertiary alicyclic amines) is 1. The molecule has 0 aliphatic carbocycles. The van der Waals surface area contributed by atoms with Gasteiger partial charge in [-0.3, -0.25) is 9.79 Å². The number of primary amides is 1. The number of rotatable bonds is 8. The Bertz CT molecular complexity index is 629. The molecule has 2 rings (SSSR count). The molecule has 3 N–H and O–H groups in total. The summed E-state index contributed by atoms with van der Waals surface area (Å²) in [5, 5.41) is 4.18. The lowest BCUT2D eigenvalue weighted by molar-refractivity contribution is -0.123. The van der Waals surface area contributed by atoms with Crippen LogP contribution in [0.2, 0.25) is 5.02 Å². The fraction of sp³-hybridized carbons (Fsp3) is 0.600. The number of unbranched alkanes of at least 4 members (excludes halogenated alkanes) is 1. The lowest BCUT2D eigenvalue weighted by Gasteiger charge is -2.30. The lowest BCUT2D eigenvalue weighted by Crippen LogP contribution is -2.40. The lowest BCUT2D eigenvalue weighted by atomic mass is 9.96. The summed E-state index contributed by atoms with van der Waals surface area (Å²) in [4.78, 5) is 20.1. The molecule has 0 unspecified atom stereocenters. The van der Waals surface area contributed by atoms with E-state index in [1.54, 1.807) is 7.05 Å². The number of piperidine rings is 1. The van der Waals surface area contributed by atoms with Gasteiger partial charge < -0.3 is 20.9 Å². The van der Waals surface area contributed by atoms with E-state index < -0.39 is 0 Å². The van der Waals surface area contributed by atoms with Gasteiger partial charge in [-0.05, 0) is 63.0 Å². The van der Waals surface area contributed by atoms with E-state index in [4.69, 9.17) is 17.3 Å². The van der Waals surface area contributed by atoms with Crippen molar-refractivity contribution in [3.05, 3.63) is 34.9 Å². The molecule has 150 valence electrons. The molecule has 0 spiro atoms. The number of guanidine groups is 1. The SMILES string of the molecule is CN=C(NCCCCN1CCC(C(N)=O)CC1)N(C)Cc1cccc(Cl)c1. The highest BCUT2D eigenvalue weighted by Crippen LogP contribution is 2.17. The predicted octanol–water partition coefficient (Wildman–Crippen LogP) is 2.32. The fourth-order valence-electron chi connectivity index (χ4n) is 3.47. The fourth-order valence-corrected chi connectivity index (χ4v) is 3.68. The Hall–Kier alpha value is -1.79. The highest BCUT2D eigenvalue weighted by atomic mass is 35.5. The number of nitrogens with two attached hydrogens (primary N) is 1. The Morgan fingerprint density at radius 2 is 2.11 bits per heavy atom. The maximum absolute atomic E-state index is 11.2. The van der Waals surface area contributed by atoms with E-state index in [9.17, 15) is 4.79 Å². The minimum absolute atomic E-state index is 0.0706. The van der Waals surface area contributed by atoms with E-state index in [-0.39, 0.29) is 11.8 Å². The van der Waals surface area contributed by atoms with Crippen LogP contribution in [0.25, 0.3) is 0 Å². The van der Waals surface area contributed by atoms with Gasteiger partial charge in [0.2, 0.25) is 5.91 Å². The third kappa shape index (κ3) is 7.39. The van der Waals surface area contributed by atoms with Crippen LogP contribution in [-0.4, -0.2) is 61.9 Å². The molecule has 27 heavy (non-hydrogen) atoms. The molecule has 7 heteroatoms. The molecule has 1 heterocycles. The van der Waals surface area contributed by atoms with Gasteiger partial charge in [0.25, 0.3) is 0 Å². The molecule has 1 aromatic carbocycles. The van der Waals surface area contributed by atoms with Crippen LogP contribution in [-0.2, 0) is 11.3 Å². The van der Waals surface area contributed by atoms with Crippen molar-refractivity contribution in [3.63, 3.8) is 0 Å². The number of carbonyl (C=O) groups excluding carboxylic acids is 1. The molecule has 1 aromatic rings. The van der Waals surface area contributed by atoms with Gasteiger partial charge in [0.1, 0.15) is 0 Å². The second-order valence-electron chi connectivity index (χ2n) is 7.19. The van der Waals surface area contributed by atoms with Gasteiger partial charge in [-0.2, -0.15) is 0 Å². The zero-order valence-corrected chi connectivity index (χ0v) is 17.2. The first kappa shape index (κ1) is 21.5. The van der Waals surface area contributed by atoms with Gasteiger partial charge >= 0.3 is 0 Å². The Balaban J connectivity index is 1.63. The molecule has 0 saturated carbocycles. The van der Waals surface area contributed by atoms with Crippen LogP contribution in [0, 0.1) is 5.92 Å². The van der Waals surface area contributed by atoms with Crippen molar-refractivity contribution in [1.82, 2.24) is 15.1 Å². The summed E-state index contributed by atoms with van der Waals surface area (Å²) in [5.41, 5.74) is 6.55. The Morgan fingerprint density at radius 3 is 2.74 bits per heavy atom. The zero-order chi connectivity index (χ0) is 19.6. The van der Waals surface area contributed by atoms with E-state index in [1.165, 1.54) is 0 Å². The highest BCUT2D eigenvalue weighted by molar-refractivity contribution is 6.30. The van der Waals surface area contributed by atoms with E-state index in [2.05, 4.69) is 26.2 Å². The molecule has 0 atom stereocenters. The minimum Gasteiger partial charge on any atom is -0.369 e. The van der Waals surface area contributed by atoms with E-state index in [1.807, 2.05) is 25.2 Å². The molecule has 0 radical (unpaired) electrons. The van der Waals surface area contributed by atoms with Crippen molar-refractivity contribution in [3.8, 4) is 0 Å². The number of aliphatic imine (C=N–C) groups is 1. The third-order valence-corrected chi connectivity index (χ3v) is 5.29. The number of carbonyl (C=O) groups is 1. The summed E-state index contributed by atoms with van der Waals surface area (Å²) in [7, 11) is 3.83. The highest BCUT2D eigenvalue weighted by Gasteiger charge is 2.22. The number of hydrogen-bond donors (Lipinski definition) is 2. The van der Waals surface area contributed by atoms with Crippen LogP contribution >= 0.6 is 11.6 Å². The van der Waals surface area contributed by atoms with Gasteiger partial charge in [0.05, 0.1) is 0 Å².